The summed E-state index contributed by atoms with van der Waals surface area (Å²) >= 11 is 0. The number of hydrogen-bond acceptors (Lipinski definition) is 5. The third-order valence-electron chi connectivity index (χ3n) is 8.68. The van der Waals surface area contributed by atoms with Crippen molar-refractivity contribution in [2.75, 3.05) is 14.2 Å². The smallest absolute Gasteiger partial charge is 0.252 e. The molecule has 3 aliphatic heterocycles. The van der Waals surface area contributed by atoms with Gasteiger partial charge in [-0.3, -0.25) is 4.79 Å². The fourth-order valence-corrected chi connectivity index (χ4v) is 7.35. The van der Waals surface area contributed by atoms with Gasteiger partial charge in [0.25, 0.3) is 5.91 Å². The van der Waals surface area contributed by atoms with Crippen molar-refractivity contribution in [2.24, 2.45) is 0 Å². The van der Waals surface area contributed by atoms with Crippen molar-refractivity contribution < 1.29 is 19.4 Å². The average Bonchev–Trinajstić information content (AvgIpc) is 3.52. The standard InChI is InChI=1S/C28H26N4O4/c1-28-25(35-3)21(29-2)24(33)27(36-28)31-16-10-6-4-8-13(16)19-20-15(12-30-26(20)34)18-14-9-5-7-11-17(14)32(28)23(18)22(19)31/h4-11,21,24-25,27,29,33H,12H2,1-3H3,(H,30,34)/t21-,24-,25-,27+,28+/m1/s1. The van der Waals surface area contributed by atoms with Gasteiger partial charge in [0.15, 0.2) is 12.0 Å². The molecule has 1 saturated heterocycles. The lowest BCUT2D eigenvalue weighted by atomic mass is 9.91. The van der Waals surface area contributed by atoms with Crippen LogP contribution in [-0.2, 0) is 21.7 Å². The molecular formula is C28H26N4O4. The van der Waals surface area contributed by atoms with E-state index in [0.29, 0.717) is 6.54 Å². The first-order valence-electron chi connectivity index (χ1n) is 12.4. The Morgan fingerprint density at radius 1 is 1.08 bits per heavy atom. The van der Waals surface area contributed by atoms with Crippen LogP contribution >= 0.6 is 0 Å². The van der Waals surface area contributed by atoms with Gasteiger partial charge in [-0.15, -0.1) is 0 Å². The van der Waals surface area contributed by atoms with Crippen LogP contribution in [0.25, 0.3) is 43.6 Å². The van der Waals surface area contributed by atoms with Crippen LogP contribution in [-0.4, -0.2) is 52.6 Å². The molecule has 5 atom stereocenters. The Kier molecular flexibility index (Phi) is 3.83. The number of likely N-dealkylation sites (N-methyl/N-ethyl adjacent to an activating group) is 1. The molecule has 2 aromatic heterocycles. The number of hydrogen-bond donors (Lipinski definition) is 3. The van der Waals surface area contributed by atoms with Crippen LogP contribution in [0.1, 0.15) is 29.1 Å². The van der Waals surface area contributed by atoms with Crippen LogP contribution in [0.2, 0.25) is 0 Å². The number of ether oxygens (including phenoxy) is 2. The molecular weight excluding hydrogens is 456 g/mol. The Morgan fingerprint density at radius 3 is 2.50 bits per heavy atom. The Bertz CT molecular complexity index is 1790. The number of aliphatic hydroxyl groups excluding tert-OH is 1. The minimum absolute atomic E-state index is 0.0607. The van der Waals surface area contributed by atoms with Gasteiger partial charge in [-0.05, 0) is 31.7 Å². The second-order valence-electron chi connectivity index (χ2n) is 10.2. The summed E-state index contributed by atoms with van der Waals surface area (Å²) in [4.78, 5) is 13.3. The number of nitrogens with zero attached hydrogens (tertiary/aromatic N) is 2. The van der Waals surface area contributed by atoms with E-state index in [-0.39, 0.29) is 5.91 Å². The van der Waals surface area contributed by atoms with Gasteiger partial charge in [0.2, 0.25) is 0 Å². The van der Waals surface area contributed by atoms with E-state index in [9.17, 15) is 9.90 Å². The zero-order valence-corrected chi connectivity index (χ0v) is 20.2. The van der Waals surface area contributed by atoms with E-state index >= 15 is 0 Å². The predicted octanol–water partition coefficient (Wildman–Crippen LogP) is 3.32. The fraction of sp³-hybridized carbons (Fsp3) is 0.321. The molecule has 5 heterocycles. The molecule has 36 heavy (non-hydrogen) atoms. The molecule has 0 unspecified atom stereocenters. The van der Waals surface area contributed by atoms with Crippen molar-refractivity contribution in [1.29, 1.82) is 0 Å². The van der Waals surface area contributed by atoms with Crippen LogP contribution < -0.4 is 10.6 Å². The molecule has 0 aliphatic carbocycles. The lowest BCUT2D eigenvalue weighted by molar-refractivity contribution is -0.289. The highest BCUT2D eigenvalue weighted by atomic mass is 16.6. The molecule has 0 spiro atoms. The number of para-hydroxylation sites is 2. The molecule has 8 rings (SSSR count). The van der Waals surface area contributed by atoms with Gasteiger partial charge in [0, 0.05) is 35.2 Å². The second-order valence-corrected chi connectivity index (χ2v) is 10.2. The van der Waals surface area contributed by atoms with E-state index in [4.69, 9.17) is 9.47 Å². The molecule has 5 aromatic rings. The second kappa shape index (κ2) is 6.66. The summed E-state index contributed by atoms with van der Waals surface area (Å²) in [6, 6.07) is 16.0. The predicted molar refractivity (Wildman–Crippen MR) is 137 cm³/mol. The number of rotatable bonds is 2. The Labute approximate surface area is 206 Å². The highest BCUT2D eigenvalue weighted by molar-refractivity contribution is 6.31. The molecule has 182 valence electrons. The molecule has 3 aliphatic rings. The van der Waals surface area contributed by atoms with E-state index < -0.39 is 30.2 Å². The zero-order chi connectivity index (χ0) is 24.5. The van der Waals surface area contributed by atoms with Crippen molar-refractivity contribution in [2.45, 2.75) is 43.7 Å². The summed E-state index contributed by atoms with van der Waals surface area (Å²) in [7, 11) is 3.51. The molecule has 0 radical (unpaired) electrons. The first-order chi connectivity index (χ1) is 17.5. The van der Waals surface area contributed by atoms with E-state index in [2.05, 4.69) is 38.0 Å². The number of aliphatic hydroxyl groups is 1. The van der Waals surface area contributed by atoms with Gasteiger partial charge in [-0.1, -0.05) is 36.4 Å². The fourth-order valence-electron chi connectivity index (χ4n) is 7.35. The van der Waals surface area contributed by atoms with Crippen LogP contribution in [0.15, 0.2) is 48.5 Å². The summed E-state index contributed by atoms with van der Waals surface area (Å²) in [5, 5.41) is 22.1. The van der Waals surface area contributed by atoms with Crippen molar-refractivity contribution in [3.8, 4) is 0 Å². The van der Waals surface area contributed by atoms with Gasteiger partial charge < -0.3 is 34.3 Å². The van der Waals surface area contributed by atoms with Gasteiger partial charge in [-0.2, -0.15) is 0 Å². The van der Waals surface area contributed by atoms with Crippen LogP contribution in [0.4, 0.5) is 0 Å². The van der Waals surface area contributed by atoms with Gasteiger partial charge in [0.1, 0.15) is 12.2 Å². The molecule has 0 saturated carbocycles. The zero-order valence-electron chi connectivity index (χ0n) is 20.2. The van der Waals surface area contributed by atoms with Crippen molar-refractivity contribution in [3.63, 3.8) is 0 Å². The highest BCUT2D eigenvalue weighted by Gasteiger charge is 2.56. The maximum Gasteiger partial charge on any atom is 0.252 e. The van der Waals surface area contributed by atoms with Crippen LogP contribution in [0, 0.1) is 0 Å². The number of fused-ring (bicyclic) bond motifs is 13. The summed E-state index contributed by atoms with van der Waals surface area (Å²) in [6.07, 6.45) is -2.06. The third-order valence-corrected chi connectivity index (χ3v) is 8.68. The molecule has 3 N–H and O–H groups in total. The minimum Gasteiger partial charge on any atom is -0.387 e. The normalized spacial score (nSPS) is 28.9. The maximum absolute atomic E-state index is 13.3. The van der Waals surface area contributed by atoms with E-state index in [1.165, 1.54) is 0 Å². The summed E-state index contributed by atoms with van der Waals surface area (Å²) < 4.78 is 17.4. The van der Waals surface area contributed by atoms with Gasteiger partial charge in [-0.25, -0.2) is 0 Å². The summed E-state index contributed by atoms with van der Waals surface area (Å²) in [5.74, 6) is -0.0607. The van der Waals surface area contributed by atoms with Gasteiger partial charge in [0.05, 0.1) is 33.7 Å². The Balaban J connectivity index is 1.73. The molecule has 2 bridgehead atoms. The number of aromatic nitrogens is 2. The molecule has 1 fully saturated rings. The maximum atomic E-state index is 13.3. The van der Waals surface area contributed by atoms with Crippen LogP contribution in [0.5, 0.6) is 0 Å². The van der Waals surface area contributed by atoms with E-state index in [1.54, 1.807) is 7.11 Å². The number of methoxy groups -OCH3 is 1. The van der Waals surface area contributed by atoms with E-state index in [0.717, 1.165) is 54.7 Å². The number of benzene rings is 3. The number of nitrogens with one attached hydrogen (secondary N) is 2. The molecule has 8 nitrogen and oxygen atoms in total. The number of carbonyl (C=O) groups is 1. The SMILES string of the molecule is CN[C@@H]1[C@@H](O)[C@@H]2O[C@@](C)([C@@H]1OC)n1c3ccccc3c3c4c(c5c6ccccc6n2c5c31)C(=O)NC4. The van der Waals surface area contributed by atoms with E-state index in [1.807, 2.05) is 44.3 Å². The minimum atomic E-state index is -0.939. The monoisotopic (exact) mass is 482 g/mol. The summed E-state index contributed by atoms with van der Waals surface area (Å²) in [6.45, 7) is 2.53. The topological polar surface area (TPSA) is 89.7 Å². The Morgan fingerprint density at radius 2 is 1.78 bits per heavy atom. The molecule has 8 heteroatoms. The van der Waals surface area contributed by atoms with Crippen molar-refractivity contribution in [3.05, 3.63) is 59.7 Å². The van der Waals surface area contributed by atoms with Crippen molar-refractivity contribution in [1.82, 2.24) is 19.8 Å². The Hall–Kier alpha value is -3.43. The lowest BCUT2D eigenvalue weighted by Crippen LogP contribution is -2.65. The lowest BCUT2D eigenvalue weighted by Gasteiger charge is -2.50. The third kappa shape index (κ3) is 2.11. The quantitative estimate of drug-likeness (QED) is 0.359. The van der Waals surface area contributed by atoms with Crippen LogP contribution in [0.3, 0.4) is 0 Å². The largest absolute Gasteiger partial charge is 0.387 e. The molecule has 3 aromatic carbocycles. The molecule has 1 amide bonds. The first kappa shape index (κ1) is 20.7. The van der Waals surface area contributed by atoms with Gasteiger partial charge >= 0.3 is 0 Å². The number of carbonyl (C=O) groups excluding carboxylic acids is 1. The number of amides is 1. The highest BCUT2D eigenvalue weighted by Crippen LogP contribution is 2.53. The first-order valence-corrected chi connectivity index (χ1v) is 12.4. The average molecular weight is 483 g/mol. The summed E-state index contributed by atoms with van der Waals surface area (Å²) in [5.41, 5.74) is 4.66. The van der Waals surface area contributed by atoms with Crippen molar-refractivity contribution >= 4 is 49.5 Å².